The maximum Gasteiger partial charge on any atom is 0.326 e. The summed E-state index contributed by atoms with van der Waals surface area (Å²) in [5.74, 6) is -2.93. The number of hydrogen-bond acceptors (Lipinski definition) is 5. The number of ether oxygens (including phenoxy) is 2. The van der Waals surface area contributed by atoms with Crippen LogP contribution in [0.5, 0.6) is 0 Å². The Labute approximate surface area is 141 Å². The number of rotatable bonds is 9. The summed E-state index contributed by atoms with van der Waals surface area (Å²) in [5, 5.41) is 11.8. The van der Waals surface area contributed by atoms with Crippen LogP contribution >= 0.6 is 0 Å². The molecule has 0 heterocycles. The molecule has 1 aromatic carbocycles. The summed E-state index contributed by atoms with van der Waals surface area (Å²) in [5.41, 5.74) is 0.611. The van der Waals surface area contributed by atoms with Gasteiger partial charge in [-0.15, -0.1) is 0 Å². The minimum atomic E-state index is -1.22. The lowest BCUT2D eigenvalue weighted by molar-refractivity contribution is -0.148. The van der Waals surface area contributed by atoms with Crippen LogP contribution in [0.15, 0.2) is 30.3 Å². The van der Waals surface area contributed by atoms with Gasteiger partial charge < -0.3 is 19.9 Å². The fourth-order valence-electron chi connectivity index (χ4n) is 2.30. The Balaban J connectivity index is 2.81. The van der Waals surface area contributed by atoms with E-state index >= 15 is 0 Å². The summed E-state index contributed by atoms with van der Waals surface area (Å²) < 4.78 is 10.00. The van der Waals surface area contributed by atoms with E-state index in [4.69, 9.17) is 9.47 Å². The molecule has 24 heavy (non-hydrogen) atoms. The highest BCUT2D eigenvalue weighted by Crippen LogP contribution is 2.18. The van der Waals surface area contributed by atoms with Gasteiger partial charge in [0.2, 0.25) is 0 Å². The van der Waals surface area contributed by atoms with E-state index in [0.29, 0.717) is 5.56 Å². The summed E-state index contributed by atoms with van der Waals surface area (Å²) in [6, 6.07) is 7.52. The van der Waals surface area contributed by atoms with Crippen LogP contribution in [0.2, 0.25) is 0 Å². The molecule has 0 saturated heterocycles. The molecule has 0 saturated carbocycles. The lowest BCUT2D eigenvalue weighted by Gasteiger charge is -2.23. The Hall–Kier alpha value is -2.41. The van der Waals surface area contributed by atoms with Crippen molar-refractivity contribution in [2.75, 3.05) is 13.7 Å². The number of carboxylic acid groups (broad SMARTS) is 1. The zero-order valence-corrected chi connectivity index (χ0v) is 14.0. The fourth-order valence-corrected chi connectivity index (χ4v) is 2.30. The lowest BCUT2D eigenvalue weighted by atomic mass is 9.97. The molecular formula is C17H23NO6. The molecule has 7 heteroatoms. The van der Waals surface area contributed by atoms with Crippen molar-refractivity contribution in [3.63, 3.8) is 0 Å². The van der Waals surface area contributed by atoms with E-state index in [0.717, 1.165) is 0 Å². The van der Waals surface area contributed by atoms with E-state index in [2.05, 4.69) is 5.32 Å². The first-order chi connectivity index (χ1) is 11.4. The van der Waals surface area contributed by atoms with E-state index in [1.165, 1.54) is 7.11 Å². The normalized spacial score (nSPS) is 14.3. The number of carboxylic acids is 1. The van der Waals surface area contributed by atoms with E-state index in [1.54, 1.807) is 44.2 Å². The van der Waals surface area contributed by atoms with Gasteiger partial charge in [-0.1, -0.05) is 37.3 Å². The summed E-state index contributed by atoms with van der Waals surface area (Å²) in [7, 11) is 1.37. The van der Waals surface area contributed by atoms with Crippen molar-refractivity contribution in [3.8, 4) is 0 Å². The van der Waals surface area contributed by atoms with Gasteiger partial charge in [-0.3, -0.25) is 9.59 Å². The Morgan fingerprint density at radius 2 is 1.83 bits per heavy atom. The van der Waals surface area contributed by atoms with Crippen LogP contribution in [-0.4, -0.2) is 42.7 Å². The maximum absolute atomic E-state index is 12.4. The molecule has 1 amide bonds. The third-order valence-electron chi connectivity index (χ3n) is 3.50. The summed E-state index contributed by atoms with van der Waals surface area (Å²) in [6.45, 7) is 3.46. The van der Waals surface area contributed by atoms with Crippen molar-refractivity contribution in [1.29, 1.82) is 0 Å². The number of amides is 1. The Morgan fingerprint density at radius 1 is 1.21 bits per heavy atom. The van der Waals surface area contributed by atoms with Gasteiger partial charge in [0.15, 0.2) is 6.10 Å². The second-order valence-corrected chi connectivity index (χ2v) is 5.34. The van der Waals surface area contributed by atoms with Gasteiger partial charge in [-0.2, -0.15) is 0 Å². The summed E-state index contributed by atoms with van der Waals surface area (Å²) >= 11 is 0. The van der Waals surface area contributed by atoms with Crippen LogP contribution < -0.4 is 5.32 Å². The highest BCUT2D eigenvalue weighted by Gasteiger charge is 2.31. The summed E-state index contributed by atoms with van der Waals surface area (Å²) in [6.07, 6.45) is -1.03. The second kappa shape index (κ2) is 9.67. The van der Waals surface area contributed by atoms with Crippen LogP contribution in [0.1, 0.15) is 31.9 Å². The SMILES string of the molecule is CCOC(=O)C[C@@H](C)[C@H](NC(=O)[C@H](OC)c1ccccc1)C(=O)O. The number of methoxy groups -OCH3 is 1. The first-order valence-electron chi connectivity index (χ1n) is 7.67. The second-order valence-electron chi connectivity index (χ2n) is 5.34. The molecule has 1 rings (SSSR count). The van der Waals surface area contributed by atoms with Crippen LogP contribution in [0.4, 0.5) is 0 Å². The summed E-state index contributed by atoms with van der Waals surface area (Å²) in [4.78, 5) is 35.4. The van der Waals surface area contributed by atoms with Crippen LogP contribution in [0, 0.1) is 5.92 Å². The number of benzene rings is 1. The van der Waals surface area contributed by atoms with Gasteiger partial charge in [0.1, 0.15) is 6.04 Å². The Kier molecular flexibility index (Phi) is 7.91. The predicted octanol–water partition coefficient (Wildman–Crippen LogP) is 1.53. The number of carbonyl (C=O) groups excluding carboxylic acids is 2. The monoisotopic (exact) mass is 337 g/mol. The van der Waals surface area contributed by atoms with Gasteiger partial charge >= 0.3 is 11.9 Å². The first kappa shape index (κ1) is 19.6. The molecule has 0 radical (unpaired) electrons. The number of esters is 1. The van der Waals surface area contributed by atoms with E-state index < -0.39 is 35.9 Å². The predicted molar refractivity (Wildman–Crippen MR) is 86.2 cm³/mol. The van der Waals surface area contributed by atoms with Crippen molar-refractivity contribution in [1.82, 2.24) is 5.32 Å². The van der Waals surface area contributed by atoms with Gasteiger partial charge in [0.05, 0.1) is 13.0 Å². The van der Waals surface area contributed by atoms with Crippen LogP contribution in [-0.2, 0) is 23.9 Å². The zero-order valence-electron chi connectivity index (χ0n) is 14.0. The van der Waals surface area contributed by atoms with Gasteiger partial charge in [0, 0.05) is 7.11 Å². The van der Waals surface area contributed by atoms with E-state index in [1.807, 2.05) is 0 Å². The average Bonchev–Trinajstić information content (AvgIpc) is 2.54. The largest absolute Gasteiger partial charge is 0.480 e. The third-order valence-corrected chi connectivity index (χ3v) is 3.50. The molecule has 0 bridgehead atoms. The van der Waals surface area contributed by atoms with Crippen molar-refractivity contribution in [2.45, 2.75) is 32.4 Å². The Morgan fingerprint density at radius 3 is 2.33 bits per heavy atom. The molecule has 0 aliphatic rings. The quantitative estimate of drug-likeness (QED) is 0.663. The number of hydrogen-bond donors (Lipinski definition) is 2. The molecule has 0 aromatic heterocycles. The van der Waals surface area contributed by atoms with Gasteiger partial charge in [0.25, 0.3) is 5.91 Å². The van der Waals surface area contributed by atoms with E-state index in [-0.39, 0.29) is 13.0 Å². The van der Waals surface area contributed by atoms with Crippen molar-refractivity contribution >= 4 is 17.8 Å². The van der Waals surface area contributed by atoms with Crippen LogP contribution in [0.3, 0.4) is 0 Å². The minimum absolute atomic E-state index is 0.103. The maximum atomic E-state index is 12.4. The smallest absolute Gasteiger partial charge is 0.326 e. The first-order valence-corrected chi connectivity index (χ1v) is 7.67. The number of nitrogens with one attached hydrogen (secondary N) is 1. The molecule has 0 spiro atoms. The number of aliphatic carboxylic acids is 1. The topological polar surface area (TPSA) is 102 Å². The molecule has 132 valence electrons. The van der Waals surface area contributed by atoms with Crippen molar-refractivity contribution in [3.05, 3.63) is 35.9 Å². The van der Waals surface area contributed by atoms with Crippen molar-refractivity contribution < 1.29 is 29.0 Å². The van der Waals surface area contributed by atoms with Gasteiger partial charge in [-0.25, -0.2) is 4.79 Å². The Bertz CT molecular complexity index is 559. The molecule has 7 nitrogen and oxygen atoms in total. The average molecular weight is 337 g/mol. The zero-order chi connectivity index (χ0) is 18.1. The number of carbonyl (C=O) groups is 3. The molecular weight excluding hydrogens is 314 g/mol. The van der Waals surface area contributed by atoms with Gasteiger partial charge in [-0.05, 0) is 18.4 Å². The molecule has 0 fully saturated rings. The minimum Gasteiger partial charge on any atom is -0.480 e. The fraction of sp³-hybridized carbons (Fsp3) is 0.471. The molecule has 2 N–H and O–H groups in total. The molecule has 0 aliphatic carbocycles. The third kappa shape index (κ3) is 5.66. The highest BCUT2D eigenvalue weighted by atomic mass is 16.5. The molecule has 0 aliphatic heterocycles. The molecule has 3 atom stereocenters. The lowest BCUT2D eigenvalue weighted by Crippen LogP contribution is -2.47. The molecule has 1 aromatic rings. The molecule has 0 unspecified atom stereocenters. The standard InChI is InChI=1S/C17H23NO6/c1-4-24-13(19)10-11(2)14(17(21)22)18-16(20)15(23-3)12-8-6-5-7-9-12/h5-9,11,14-15H,4,10H2,1-3H3,(H,18,20)(H,21,22)/t11-,14+,15-/m1/s1. The van der Waals surface area contributed by atoms with Crippen LogP contribution in [0.25, 0.3) is 0 Å². The van der Waals surface area contributed by atoms with Crippen molar-refractivity contribution in [2.24, 2.45) is 5.92 Å². The highest BCUT2D eigenvalue weighted by molar-refractivity contribution is 5.87. The van der Waals surface area contributed by atoms with E-state index in [9.17, 15) is 19.5 Å².